The van der Waals surface area contributed by atoms with Gasteiger partial charge in [-0.05, 0) is 41.5 Å². The van der Waals surface area contributed by atoms with Crippen LogP contribution in [0.5, 0.6) is 0 Å². The Morgan fingerprint density at radius 2 is 1.11 bits per heavy atom. The van der Waals surface area contributed by atoms with E-state index in [1.807, 2.05) is 18.2 Å². The predicted octanol–water partition coefficient (Wildman–Crippen LogP) is 6.72. The molecule has 4 aromatic rings. The lowest BCUT2D eigenvalue weighted by Crippen LogP contribution is -2.49. The van der Waals surface area contributed by atoms with Gasteiger partial charge in [0.15, 0.2) is 0 Å². The third-order valence-electron chi connectivity index (χ3n) is 7.12. The molecule has 36 heavy (non-hydrogen) atoms. The molecule has 0 radical (unpaired) electrons. The van der Waals surface area contributed by atoms with E-state index in [4.69, 9.17) is 9.47 Å². The van der Waals surface area contributed by atoms with Gasteiger partial charge in [0.05, 0.1) is 31.5 Å². The summed E-state index contributed by atoms with van der Waals surface area (Å²) in [7, 11) is 0. The molecule has 0 aliphatic heterocycles. The topological polar surface area (TPSA) is 30.5 Å². The monoisotopic (exact) mass is 477 g/mol. The van der Waals surface area contributed by atoms with Crippen LogP contribution in [0, 0.1) is 0 Å². The van der Waals surface area contributed by atoms with Crippen molar-refractivity contribution < 1.29 is 9.47 Å². The first-order valence-corrected chi connectivity index (χ1v) is 13.0. The van der Waals surface area contributed by atoms with Gasteiger partial charge in [0.2, 0.25) is 0 Å². The summed E-state index contributed by atoms with van der Waals surface area (Å²) in [5.74, 6) is 0. The molecule has 184 valence electrons. The van der Waals surface area contributed by atoms with E-state index < -0.39 is 5.54 Å². The quantitative estimate of drug-likeness (QED) is 0.192. The maximum absolute atomic E-state index is 6.24. The zero-order chi connectivity index (χ0) is 24.5. The second-order valence-corrected chi connectivity index (χ2v) is 9.53. The van der Waals surface area contributed by atoms with Crippen LogP contribution in [0.4, 0.5) is 0 Å². The van der Waals surface area contributed by atoms with Crippen molar-refractivity contribution in [3.05, 3.63) is 144 Å². The molecule has 1 aliphatic carbocycles. The Hall–Kier alpha value is -3.24. The Balaban J connectivity index is 1.28. The van der Waals surface area contributed by atoms with Gasteiger partial charge >= 0.3 is 0 Å². The summed E-state index contributed by atoms with van der Waals surface area (Å²) in [6.07, 6.45) is 3.39. The largest absolute Gasteiger partial charge is 0.376 e. The molecule has 1 aliphatic rings. The van der Waals surface area contributed by atoms with Crippen molar-refractivity contribution in [3.63, 3.8) is 0 Å². The van der Waals surface area contributed by atoms with Crippen molar-refractivity contribution in [2.24, 2.45) is 0 Å². The van der Waals surface area contributed by atoms with E-state index in [1.165, 1.54) is 22.3 Å². The highest BCUT2D eigenvalue weighted by Gasteiger charge is 2.40. The molecule has 0 aromatic heterocycles. The van der Waals surface area contributed by atoms with E-state index >= 15 is 0 Å². The van der Waals surface area contributed by atoms with Gasteiger partial charge in [-0.1, -0.05) is 121 Å². The van der Waals surface area contributed by atoms with Crippen LogP contribution >= 0.6 is 0 Å². The summed E-state index contributed by atoms with van der Waals surface area (Å²) in [6, 6.07) is 43.1. The molecule has 0 saturated heterocycles. The van der Waals surface area contributed by atoms with Gasteiger partial charge in [0.1, 0.15) is 0 Å². The van der Waals surface area contributed by atoms with E-state index in [0.717, 1.165) is 19.3 Å². The number of ether oxygens (including phenoxy) is 2. The van der Waals surface area contributed by atoms with Gasteiger partial charge < -0.3 is 9.47 Å². The summed E-state index contributed by atoms with van der Waals surface area (Å²) in [6.45, 7) is 1.88. The summed E-state index contributed by atoms with van der Waals surface area (Å²) in [5.41, 5.74) is 4.52. The van der Waals surface area contributed by atoms with Crippen molar-refractivity contribution in [1.29, 1.82) is 0 Å². The molecular weight excluding hydrogens is 442 g/mol. The van der Waals surface area contributed by atoms with E-state index in [1.54, 1.807) is 0 Å². The van der Waals surface area contributed by atoms with Gasteiger partial charge in [-0.2, -0.15) is 0 Å². The average molecular weight is 478 g/mol. The molecule has 0 heterocycles. The van der Waals surface area contributed by atoms with Crippen LogP contribution in [-0.4, -0.2) is 25.4 Å². The highest BCUT2D eigenvalue weighted by Crippen LogP contribution is 2.39. The molecule has 3 nitrogen and oxygen atoms in total. The van der Waals surface area contributed by atoms with Gasteiger partial charge in [0.25, 0.3) is 0 Å². The first-order chi connectivity index (χ1) is 17.8. The smallest absolute Gasteiger partial charge is 0.0950 e. The SMILES string of the molecule is c1ccc(COCCOC2CCC(NC(c3ccccc3)(c3ccccc3)c3ccccc3)C2)cc1. The first kappa shape index (κ1) is 24.5. The molecule has 4 aromatic carbocycles. The summed E-state index contributed by atoms with van der Waals surface area (Å²) >= 11 is 0. The van der Waals surface area contributed by atoms with Gasteiger partial charge in [0, 0.05) is 6.04 Å². The van der Waals surface area contributed by atoms with Gasteiger partial charge in [-0.3, -0.25) is 5.32 Å². The minimum absolute atomic E-state index is 0.253. The molecule has 2 unspecified atom stereocenters. The van der Waals surface area contributed by atoms with Crippen LogP contribution in [0.25, 0.3) is 0 Å². The van der Waals surface area contributed by atoms with E-state index in [0.29, 0.717) is 25.9 Å². The molecular formula is C33H35NO2. The maximum atomic E-state index is 6.24. The average Bonchev–Trinajstić information content (AvgIpc) is 3.40. The number of benzene rings is 4. The predicted molar refractivity (Wildman–Crippen MR) is 146 cm³/mol. The van der Waals surface area contributed by atoms with Crippen molar-refractivity contribution in [1.82, 2.24) is 5.32 Å². The Labute approximate surface area is 215 Å². The normalized spacial score (nSPS) is 17.8. The van der Waals surface area contributed by atoms with Crippen molar-refractivity contribution in [3.8, 4) is 0 Å². The number of hydrogen-bond donors (Lipinski definition) is 1. The second kappa shape index (κ2) is 12.1. The lowest BCUT2D eigenvalue weighted by molar-refractivity contribution is 0.00228. The second-order valence-electron chi connectivity index (χ2n) is 9.53. The Morgan fingerprint density at radius 3 is 1.64 bits per heavy atom. The van der Waals surface area contributed by atoms with Crippen LogP contribution < -0.4 is 5.32 Å². The fraction of sp³-hybridized carbons (Fsp3) is 0.273. The standard InChI is InChI=1S/C33H35NO2/c1-5-13-27(14-6-1)26-35-23-24-36-32-22-21-31(25-32)34-33(28-15-7-2-8-16-28,29-17-9-3-10-18-29)30-19-11-4-12-20-30/h1-20,31-32,34H,21-26H2. The Kier molecular flexibility index (Phi) is 8.24. The third kappa shape index (κ3) is 5.76. The summed E-state index contributed by atoms with van der Waals surface area (Å²) in [5, 5.41) is 4.12. The Bertz CT molecular complexity index is 1070. The molecule has 1 fully saturated rings. The van der Waals surface area contributed by atoms with E-state index in [9.17, 15) is 0 Å². The molecule has 0 amide bonds. The molecule has 0 spiro atoms. The van der Waals surface area contributed by atoms with Crippen LogP contribution in [0.3, 0.4) is 0 Å². The zero-order valence-corrected chi connectivity index (χ0v) is 20.8. The molecule has 1 N–H and O–H groups in total. The highest BCUT2D eigenvalue weighted by molar-refractivity contribution is 5.49. The molecule has 5 rings (SSSR count). The Morgan fingerprint density at radius 1 is 0.611 bits per heavy atom. The van der Waals surface area contributed by atoms with Crippen LogP contribution in [0.2, 0.25) is 0 Å². The number of hydrogen-bond acceptors (Lipinski definition) is 3. The zero-order valence-electron chi connectivity index (χ0n) is 20.8. The molecule has 0 bridgehead atoms. The lowest BCUT2D eigenvalue weighted by Gasteiger charge is -2.39. The fourth-order valence-electron chi connectivity index (χ4n) is 5.38. The third-order valence-corrected chi connectivity index (χ3v) is 7.12. The molecule has 2 atom stereocenters. The van der Waals surface area contributed by atoms with Crippen molar-refractivity contribution in [2.75, 3.05) is 13.2 Å². The maximum Gasteiger partial charge on any atom is 0.0950 e. The number of rotatable bonds is 11. The summed E-state index contributed by atoms with van der Waals surface area (Å²) < 4.78 is 12.1. The fourth-order valence-corrected chi connectivity index (χ4v) is 5.38. The lowest BCUT2D eigenvalue weighted by atomic mass is 9.76. The van der Waals surface area contributed by atoms with E-state index in [-0.39, 0.29) is 6.10 Å². The van der Waals surface area contributed by atoms with E-state index in [2.05, 4.69) is 108 Å². The number of nitrogens with one attached hydrogen (secondary N) is 1. The minimum atomic E-state index is -0.428. The van der Waals surface area contributed by atoms with Crippen molar-refractivity contribution in [2.45, 2.75) is 43.6 Å². The van der Waals surface area contributed by atoms with Gasteiger partial charge in [-0.25, -0.2) is 0 Å². The first-order valence-electron chi connectivity index (χ1n) is 13.0. The van der Waals surface area contributed by atoms with Crippen molar-refractivity contribution >= 4 is 0 Å². The molecule has 1 saturated carbocycles. The van der Waals surface area contributed by atoms with Crippen LogP contribution in [0.15, 0.2) is 121 Å². The molecule has 3 heteroatoms. The highest BCUT2D eigenvalue weighted by atomic mass is 16.5. The summed E-state index contributed by atoms with van der Waals surface area (Å²) in [4.78, 5) is 0. The van der Waals surface area contributed by atoms with Crippen LogP contribution in [-0.2, 0) is 21.6 Å². The minimum Gasteiger partial charge on any atom is -0.376 e. The van der Waals surface area contributed by atoms with Gasteiger partial charge in [-0.15, -0.1) is 0 Å². The van der Waals surface area contributed by atoms with Crippen LogP contribution in [0.1, 0.15) is 41.5 Å².